The molecule has 2 aliphatic rings. The molecule has 0 aliphatic carbocycles. The Morgan fingerprint density at radius 1 is 0.839 bits per heavy atom. The third-order valence-corrected chi connectivity index (χ3v) is 5.74. The van der Waals surface area contributed by atoms with E-state index in [0.29, 0.717) is 53.0 Å². The number of fused-ring (bicyclic) bond motifs is 1. The Morgan fingerprint density at radius 2 is 1.42 bits per heavy atom. The number of carbonyl (C=O) groups excluding carboxylic acids is 4. The molecule has 4 rings (SSSR count). The Hall–Kier alpha value is -3.10. The van der Waals surface area contributed by atoms with Crippen LogP contribution in [0.4, 0.5) is 10.5 Å². The standard InChI is InChI=1S/C21H18Cl2N4O4/c1-25-19(29)16-3-2-15(11-17(16)20(25)30)24-21(31)27-6-4-26(5-7-27)18(28)12-8-13(22)10-14(23)9-12/h2-3,8-11H,4-7H2,1H3,(H,24,31). The van der Waals surface area contributed by atoms with Crippen molar-refractivity contribution in [3.8, 4) is 0 Å². The molecular formula is C21H18Cl2N4O4. The number of amides is 5. The molecule has 0 bridgehead atoms. The lowest BCUT2D eigenvalue weighted by Crippen LogP contribution is -2.51. The third-order valence-electron chi connectivity index (χ3n) is 5.30. The first-order chi connectivity index (χ1) is 14.7. The molecule has 0 aromatic heterocycles. The van der Waals surface area contributed by atoms with E-state index >= 15 is 0 Å². The van der Waals surface area contributed by atoms with E-state index in [4.69, 9.17) is 23.2 Å². The summed E-state index contributed by atoms with van der Waals surface area (Å²) in [4.78, 5) is 53.7. The molecule has 1 saturated heterocycles. The number of halogens is 2. The Bertz CT molecular complexity index is 1090. The fraction of sp³-hybridized carbons (Fsp3) is 0.238. The highest BCUT2D eigenvalue weighted by molar-refractivity contribution is 6.35. The van der Waals surface area contributed by atoms with Crippen LogP contribution in [0.2, 0.25) is 10.0 Å². The average molecular weight is 461 g/mol. The summed E-state index contributed by atoms with van der Waals surface area (Å²) in [6, 6.07) is 8.95. The SMILES string of the molecule is CN1C(=O)c2ccc(NC(=O)N3CCN(C(=O)c4cc(Cl)cc(Cl)c4)CC3)cc2C1=O. The number of benzene rings is 2. The topological polar surface area (TPSA) is 90.0 Å². The molecule has 1 fully saturated rings. The van der Waals surface area contributed by atoms with Crippen LogP contribution in [0.3, 0.4) is 0 Å². The van der Waals surface area contributed by atoms with E-state index in [-0.39, 0.29) is 23.4 Å². The van der Waals surface area contributed by atoms with Crippen LogP contribution in [-0.4, -0.2) is 71.7 Å². The van der Waals surface area contributed by atoms with Crippen LogP contribution >= 0.6 is 23.2 Å². The Labute approximate surface area is 188 Å². The lowest BCUT2D eigenvalue weighted by atomic mass is 10.1. The molecule has 0 saturated carbocycles. The highest BCUT2D eigenvalue weighted by atomic mass is 35.5. The van der Waals surface area contributed by atoms with Crippen molar-refractivity contribution < 1.29 is 19.2 Å². The fourth-order valence-electron chi connectivity index (χ4n) is 3.61. The molecule has 2 aromatic rings. The van der Waals surface area contributed by atoms with Gasteiger partial charge in [-0.15, -0.1) is 0 Å². The quantitative estimate of drug-likeness (QED) is 0.696. The van der Waals surface area contributed by atoms with Gasteiger partial charge in [0.15, 0.2) is 0 Å². The number of rotatable bonds is 2. The van der Waals surface area contributed by atoms with Crippen molar-refractivity contribution in [1.82, 2.24) is 14.7 Å². The van der Waals surface area contributed by atoms with Gasteiger partial charge in [-0.1, -0.05) is 23.2 Å². The van der Waals surface area contributed by atoms with Crippen LogP contribution in [-0.2, 0) is 0 Å². The lowest BCUT2D eigenvalue weighted by molar-refractivity contribution is 0.0669. The first-order valence-corrected chi connectivity index (χ1v) is 10.3. The van der Waals surface area contributed by atoms with Crippen molar-refractivity contribution in [3.63, 3.8) is 0 Å². The van der Waals surface area contributed by atoms with Gasteiger partial charge in [0.05, 0.1) is 11.1 Å². The van der Waals surface area contributed by atoms with E-state index in [0.717, 1.165) is 4.90 Å². The second-order valence-electron chi connectivity index (χ2n) is 7.30. The van der Waals surface area contributed by atoms with Gasteiger partial charge in [0.1, 0.15) is 0 Å². The number of hydrogen-bond donors (Lipinski definition) is 1. The number of nitrogens with zero attached hydrogens (tertiary/aromatic N) is 3. The molecule has 2 aromatic carbocycles. The molecule has 10 heteroatoms. The minimum Gasteiger partial charge on any atom is -0.335 e. The summed E-state index contributed by atoms with van der Waals surface area (Å²) < 4.78 is 0. The summed E-state index contributed by atoms with van der Waals surface area (Å²) >= 11 is 12.0. The molecule has 8 nitrogen and oxygen atoms in total. The van der Waals surface area contributed by atoms with Crippen molar-refractivity contribution >= 4 is 52.6 Å². The maximum absolute atomic E-state index is 12.7. The van der Waals surface area contributed by atoms with E-state index < -0.39 is 5.91 Å². The summed E-state index contributed by atoms with van der Waals surface area (Å²) in [6.45, 7) is 1.41. The van der Waals surface area contributed by atoms with Gasteiger partial charge in [-0.2, -0.15) is 0 Å². The van der Waals surface area contributed by atoms with E-state index in [2.05, 4.69) is 5.32 Å². The summed E-state index contributed by atoms with van der Waals surface area (Å²) in [5.41, 5.74) is 1.41. The van der Waals surface area contributed by atoms with Crippen LogP contribution in [0.15, 0.2) is 36.4 Å². The average Bonchev–Trinajstić information content (AvgIpc) is 2.96. The summed E-state index contributed by atoms with van der Waals surface area (Å²) in [5.74, 6) is -0.959. The molecule has 5 amide bonds. The van der Waals surface area contributed by atoms with Crippen molar-refractivity contribution in [1.29, 1.82) is 0 Å². The summed E-state index contributed by atoms with van der Waals surface area (Å²) in [7, 11) is 1.42. The van der Waals surface area contributed by atoms with Crippen molar-refractivity contribution in [3.05, 3.63) is 63.1 Å². The van der Waals surface area contributed by atoms with Gasteiger partial charge in [-0.05, 0) is 36.4 Å². The van der Waals surface area contributed by atoms with Gasteiger partial charge in [0, 0.05) is 54.5 Å². The molecule has 0 radical (unpaired) electrons. The van der Waals surface area contributed by atoms with Gasteiger partial charge in [-0.3, -0.25) is 19.3 Å². The Morgan fingerprint density at radius 3 is 2.06 bits per heavy atom. The molecule has 2 heterocycles. The van der Waals surface area contributed by atoms with Crippen molar-refractivity contribution in [2.45, 2.75) is 0 Å². The minimum atomic E-state index is -0.399. The monoisotopic (exact) mass is 460 g/mol. The molecule has 31 heavy (non-hydrogen) atoms. The zero-order chi connectivity index (χ0) is 22.3. The van der Waals surface area contributed by atoms with Gasteiger partial charge in [0.2, 0.25) is 0 Å². The first kappa shape index (κ1) is 21.1. The molecule has 0 spiro atoms. The van der Waals surface area contributed by atoms with Crippen LogP contribution in [0.5, 0.6) is 0 Å². The second kappa shape index (κ2) is 8.20. The molecule has 160 valence electrons. The van der Waals surface area contributed by atoms with Crippen LogP contribution in [0, 0.1) is 0 Å². The number of urea groups is 1. The zero-order valence-corrected chi connectivity index (χ0v) is 18.0. The smallest absolute Gasteiger partial charge is 0.321 e. The van der Waals surface area contributed by atoms with Crippen LogP contribution in [0.25, 0.3) is 0 Å². The zero-order valence-electron chi connectivity index (χ0n) is 16.5. The highest BCUT2D eigenvalue weighted by Gasteiger charge is 2.33. The van der Waals surface area contributed by atoms with Gasteiger partial charge in [0.25, 0.3) is 17.7 Å². The number of imide groups is 1. The molecule has 2 aliphatic heterocycles. The predicted octanol–water partition coefficient (Wildman–Crippen LogP) is 3.21. The normalized spacial score (nSPS) is 15.9. The number of carbonyl (C=O) groups is 4. The number of anilines is 1. The maximum atomic E-state index is 12.7. The Balaban J connectivity index is 1.37. The third kappa shape index (κ3) is 4.08. The maximum Gasteiger partial charge on any atom is 0.321 e. The minimum absolute atomic E-state index is 0.199. The van der Waals surface area contributed by atoms with Crippen molar-refractivity contribution in [2.75, 3.05) is 38.5 Å². The summed E-state index contributed by atoms with van der Waals surface area (Å²) in [6.07, 6.45) is 0. The van der Waals surface area contributed by atoms with Gasteiger partial charge >= 0.3 is 6.03 Å². The number of hydrogen-bond acceptors (Lipinski definition) is 4. The predicted molar refractivity (Wildman–Crippen MR) is 116 cm³/mol. The van der Waals surface area contributed by atoms with E-state index in [1.807, 2.05) is 0 Å². The molecule has 1 N–H and O–H groups in total. The first-order valence-electron chi connectivity index (χ1n) is 9.52. The van der Waals surface area contributed by atoms with Crippen molar-refractivity contribution in [2.24, 2.45) is 0 Å². The molecular weight excluding hydrogens is 443 g/mol. The number of nitrogens with one attached hydrogen (secondary N) is 1. The summed E-state index contributed by atoms with van der Waals surface area (Å²) in [5, 5.41) is 3.52. The van der Waals surface area contributed by atoms with Gasteiger partial charge < -0.3 is 15.1 Å². The highest BCUT2D eigenvalue weighted by Crippen LogP contribution is 2.25. The van der Waals surface area contributed by atoms with E-state index in [9.17, 15) is 19.2 Å². The number of piperazine rings is 1. The van der Waals surface area contributed by atoms with Crippen LogP contribution in [0.1, 0.15) is 31.1 Å². The lowest BCUT2D eigenvalue weighted by Gasteiger charge is -2.34. The molecule has 0 unspecified atom stereocenters. The van der Waals surface area contributed by atoms with E-state index in [1.54, 1.807) is 34.1 Å². The largest absolute Gasteiger partial charge is 0.335 e. The fourth-order valence-corrected chi connectivity index (χ4v) is 4.14. The van der Waals surface area contributed by atoms with E-state index in [1.165, 1.54) is 19.2 Å². The Kier molecular flexibility index (Phi) is 5.60. The van der Waals surface area contributed by atoms with Gasteiger partial charge in [-0.25, -0.2) is 4.79 Å². The van der Waals surface area contributed by atoms with Crippen LogP contribution < -0.4 is 5.32 Å². The molecule has 0 atom stereocenters. The second-order valence-corrected chi connectivity index (χ2v) is 8.17.